The summed E-state index contributed by atoms with van der Waals surface area (Å²) in [4.78, 5) is 23.8. The van der Waals surface area contributed by atoms with Crippen molar-refractivity contribution >= 4 is 22.8 Å². The van der Waals surface area contributed by atoms with Crippen molar-refractivity contribution in [3.63, 3.8) is 0 Å². The zero-order valence-electron chi connectivity index (χ0n) is 16.6. The van der Waals surface area contributed by atoms with Gasteiger partial charge < -0.3 is 25.1 Å². The van der Waals surface area contributed by atoms with Gasteiger partial charge in [0.15, 0.2) is 5.65 Å². The van der Waals surface area contributed by atoms with Gasteiger partial charge in [0.05, 0.1) is 23.2 Å². The molecule has 5 atom stereocenters. The molecule has 0 saturated heterocycles. The summed E-state index contributed by atoms with van der Waals surface area (Å²) in [7, 11) is 1.51. The molecule has 4 saturated carbocycles. The number of nitrogens with zero attached hydrogens (tertiary/aromatic N) is 4. The fourth-order valence-corrected chi connectivity index (χ4v) is 6.11. The molecule has 4 bridgehead atoms. The number of carbonyl (C=O) groups excluding carboxylic acids is 1. The van der Waals surface area contributed by atoms with E-state index in [0.29, 0.717) is 34.5 Å². The predicted octanol–water partition coefficient (Wildman–Crippen LogP) is 1.72. The molecular formula is C20H23N7O3. The molecule has 156 valence electrons. The number of anilines is 1. The molecule has 4 aliphatic rings. The number of hydrogen-bond acceptors (Lipinski definition) is 8. The zero-order chi connectivity index (χ0) is 20.5. The number of H-pyrrole nitrogens is 1. The van der Waals surface area contributed by atoms with Crippen LogP contribution in [0.4, 0.5) is 5.69 Å². The average molecular weight is 409 g/mol. The Hall–Kier alpha value is -3.01. The lowest BCUT2D eigenvalue weighted by molar-refractivity contribution is -0.129. The number of aromatic amines is 1. The van der Waals surface area contributed by atoms with Gasteiger partial charge in [0, 0.05) is 19.3 Å². The number of nitrogens with one attached hydrogen (secondary N) is 3. The maximum atomic E-state index is 11.8. The summed E-state index contributed by atoms with van der Waals surface area (Å²) in [6.45, 7) is 0. The van der Waals surface area contributed by atoms with Gasteiger partial charge in [-0.05, 0) is 49.9 Å². The van der Waals surface area contributed by atoms with Crippen LogP contribution in [0.2, 0.25) is 0 Å². The number of hydrogen-bond donors (Lipinski definition) is 4. The molecule has 0 aromatic carbocycles. The van der Waals surface area contributed by atoms with Crippen molar-refractivity contribution in [2.24, 2.45) is 17.8 Å². The maximum absolute atomic E-state index is 11.8. The van der Waals surface area contributed by atoms with Crippen molar-refractivity contribution in [1.82, 2.24) is 30.5 Å². The van der Waals surface area contributed by atoms with Gasteiger partial charge in [0.1, 0.15) is 5.52 Å². The quantitative estimate of drug-likeness (QED) is 0.510. The summed E-state index contributed by atoms with van der Waals surface area (Å²) in [5.41, 5.74) is 2.25. The van der Waals surface area contributed by atoms with Gasteiger partial charge in [-0.25, -0.2) is 9.97 Å². The van der Waals surface area contributed by atoms with Crippen LogP contribution >= 0.6 is 0 Å². The second-order valence-corrected chi connectivity index (χ2v) is 9.00. The Morgan fingerprint density at radius 3 is 2.77 bits per heavy atom. The molecule has 3 aromatic rings. The van der Waals surface area contributed by atoms with Crippen LogP contribution in [0.3, 0.4) is 0 Å². The number of aromatic nitrogens is 5. The summed E-state index contributed by atoms with van der Waals surface area (Å²) < 4.78 is 5.62. The first-order valence-electron chi connectivity index (χ1n) is 10.4. The minimum Gasteiger partial charge on any atom is -0.412 e. The van der Waals surface area contributed by atoms with Crippen LogP contribution in [-0.4, -0.2) is 54.9 Å². The third-order valence-corrected chi connectivity index (χ3v) is 7.08. The summed E-state index contributed by atoms with van der Waals surface area (Å²) in [6.07, 6.45) is 8.17. The van der Waals surface area contributed by atoms with Crippen molar-refractivity contribution in [3.05, 3.63) is 18.4 Å². The van der Waals surface area contributed by atoms with Crippen LogP contribution in [0.1, 0.15) is 42.8 Å². The highest BCUT2D eigenvalue weighted by Gasteiger charge is 2.54. The number of carbonyl (C=O) groups is 1. The molecule has 7 rings (SSSR count). The molecule has 30 heavy (non-hydrogen) atoms. The molecule has 0 spiro atoms. The number of aliphatic hydroxyl groups is 1. The van der Waals surface area contributed by atoms with Crippen molar-refractivity contribution in [2.45, 2.75) is 43.7 Å². The molecule has 10 heteroatoms. The van der Waals surface area contributed by atoms with Crippen molar-refractivity contribution < 1.29 is 14.3 Å². The topological polar surface area (TPSA) is 142 Å². The number of imidazole rings is 1. The van der Waals surface area contributed by atoms with Crippen LogP contribution in [0.5, 0.6) is 0 Å². The SMILES string of the molecule is CNC(=O)c1nnc(-c2cnc3[nH]cnc3c2N[C@H]2[C@@H]3CC4C[C@H]2C[C@@](O)(C4)C3)o1. The fraction of sp³-hybridized carbons (Fsp3) is 0.550. The standard InChI is InChI=1S/C20H23N7O3/c1-21-17(28)19-27-26-18(30-19)12-7-22-16-15(23-8-24-16)14(12)25-13-10-2-9-3-11(13)6-20(29,4-9)5-10/h7-11,13,29H,2-6H2,1H3,(H,21,28)(H2,22,23,24,25)/t9?,10-,11+,13+,20-. The normalized spacial score (nSPS) is 31.9. The lowest BCUT2D eigenvalue weighted by atomic mass is 9.52. The van der Waals surface area contributed by atoms with Crippen molar-refractivity contribution in [2.75, 3.05) is 12.4 Å². The van der Waals surface area contributed by atoms with Gasteiger partial charge in [0.2, 0.25) is 0 Å². The highest BCUT2D eigenvalue weighted by atomic mass is 16.4. The van der Waals surface area contributed by atoms with E-state index in [2.05, 4.69) is 35.8 Å². The highest BCUT2D eigenvalue weighted by molar-refractivity contribution is 5.94. The average Bonchev–Trinajstić information content (AvgIpc) is 3.38. The molecule has 3 aromatic heterocycles. The van der Waals surface area contributed by atoms with Gasteiger partial charge in [-0.15, -0.1) is 10.2 Å². The minimum atomic E-state index is -0.494. The van der Waals surface area contributed by atoms with Crippen LogP contribution in [0.15, 0.2) is 16.9 Å². The lowest BCUT2D eigenvalue weighted by Crippen LogP contribution is -2.59. The van der Waals surface area contributed by atoms with Gasteiger partial charge >= 0.3 is 11.8 Å². The molecular weight excluding hydrogens is 386 g/mol. The minimum absolute atomic E-state index is 0.0996. The van der Waals surface area contributed by atoms with Crippen molar-refractivity contribution in [3.8, 4) is 11.5 Å². The van der Waals surface area contributed by atoms with E-state index in [1.165, 1.54) is 7.05 Å². The Morgan fingerprint density at radius 2 is 2.03 bits per heavy atom. The number of pyridine rings is 1. The molecule has 1 unspecified atom stereocenters. The Kier molecular flexibility index (Phi) is 3.71. The highest BCUT2D eigenvalue weighted by Crippen LogP contribution is 2.56. The molecule has 4 N–H and O–H groups in total. The number of amides is 1. The van der Waals surface area contributed by atoms with Gasteiger partial charge in [-0.2, -0.15) is 0 Å². The predicted molar refractivity (Wildman–Crippen MR) is 106 cm³/mol. The van der Waals surface area contributed by atoms with E-state index in [0.717, 1.165) is 37.8 Å². The van der Waals surface area contributed by atoms with Gasteiger partial charge in [-0.1, -0.05) is 0 Å². The fourth-order valence-electron chi connectivity index (χ4n) is 6.11. The maximum Gasteiger partial charge on any atom is 0.308 e. The van der Waals surface area contributed by atoms with E-state index in [1.54, 1.807) is 12.5 Å². The molecule has 4 aliphatic carbocycles. The van der Waals surface area contributed by atoms with Crippen LogP contribution in [0.25, 0.3) is 22.6 Å². The first kappa shape index (κ1) is 17.8. The van der Waals surface area contributed by atoms with Crippen LogP contribution in [0, 0.1) is 17.8 Å². The molecule has 10 nitrogen and oxygen atoms in total. The summed E-state index contributed by atoms with van der Waals surface area (Å²) in [6, 6.07) is 0.240. The largest absolute Gasteiger partial charge is 0.412 e. The van der Waals surface area contributed by atoms with E-state index >= 15 is 0 Å². The van der Waals surface area contributed by atoms with E-state index in [1.807, 2.05) is 0 Å². The molecule has 1 amide bonds. The summed E-state index contributed by atoms with van der Waals surface area (Å²) >= 11 is 0. The van der Waals surface area contributed by atoms with Crippen LogP contribution < -0.4 is 10.6 Å². The van der Waals surface area contributed by atoms with E-state index in [-0.39, 0.29) is 17.8 Å². The lowest BCUT2D eigenvalue weighted by Gasteiger charge is -2.58. The second kappa shape index (κ2) is 6.24. The molecule has 3 heterocycles. The Morgan fingerprint density at radius 1 is 1.23 bits per heavy atom. The number of rotatable bonds is 4. The Bertz CT molecular complexity index is 1120. The first-order valence-corrected chi connectivity index (χ1v) is 10.4. The van der Waals surface area contributed by atoms with Crippen molar-refractivity contribution in [1.29, 1.82) is 0 Å². The molecule has 0 aliphatic heterocycles. The van der Waals surface area contributed by atoms with Crippen LogP contribution in [-0.2, 0) is 0 Å². The molecule has 4 fully saturated rings. The third kappa shape index (κ3) is 2.63. The summed E-state index contributed by atoms with van der Waals surface area (Å²) in [5, 5.41) is 25.0. The molecule has 0 radical (unpaired) electrons. The Balaban J connectivity index is 1.40. The van der Waals surface area contributed by atoms with E-state index in [4.69, 9.17) is 4.42 Å². The van der Waals surface area contributed by atoms with E-state index in [9.17, 15) is 9.90 Å². The smallest absolute Gasteiger partial charge is 0.308 e. The van der Waals surface area contributed by atoms with Gasteiger partial charge in [-0.3, -0.25) is 4.79 Å². The first-order chi connectivity index (χ1) is 14.5. The third-order valence-electron chi connectivity index (χ3n) is 7.08. The summed E-state index contributed by atoms with van der Waals surface area (Å²) in [5.74, 6) is 1.14. The Labute approximate surface area is 171 Å². The second-order valence-electron chi connectivity index (χ2n) is 9.00. The van der Waals surface area contributed by atoms with E-state index < -0.39 is 11.5 Å². The van der Waals surface area contributed by atoms with Gasteiger partial charge in [0.25, 0.3) is 5.89 Å². The monoisotopic (exact) mass is 409 g/mol. The zero-order valence-corrected chi connectivity index (χ0v) is 16.6. The number of fused-ring (bicyclic) bond motifs is 1.